The van der Waals surface area contributed by atoms with Crippen molar-refractivity contribution in [2.45, 2.75) is 6.54 Å². The summed E-state index contributed by atoms with van der Waals surface area (Å²) >= 11 is 0. The number of hydrogen-bond acceptors (Lipinski definition) is 4. The first kappa shape index (κ1) is 20.7. The van der Waals surface area contributed by atoms with Crippen LogP contribution in [0.3, 0.4) is 0 Å². The minimum Gasteiger partial charge on any atom is -0.363 e. The van der Waals surface area contributed by atoms with E-state index in [0.29, 0.717) is 23.6 Å². The van der Waals surface area contributed by atoms with Crippen LogP contribution in [0.2, 0.25) is 0 Å². The second kappa shape index (κ2) is 9.92. The molecule has 4 N–H and O–H groups in total. The summed E-state index contributed by atoms with van der Waals surface area (Å²) in [5, 5.41) is 11.0. The molecule has 1 heterocycles. The molecule has 0 aliphatic carbocycles. The molecule has 4 amide bonds. The van der Waals surface area contributed by atoms with Gasteiger partial charge in [0, 0.05) is 31.2 Å². The van der Waals surface area contributed by atoms with Crippen molar-refractivity contribution < 1.29 is 9.59 Å². The molecule has 0 aliphatic rings. The van der Waals surface area contributed by atoms with Crippen LogP contribution in [0.1, 0.15) is 5.69 Å². The molecular weight excluding hydrogens is 380 g/mol. The van der Waals surface area contributed by atoms with Gasteiger partial charge in [-0.1, -0.05) is 30.3 Å². The number of hydrogen-bond donors (Lipinski definition) is 4. The number of nitrogens with one attached hydrogen (secondary N) is 4. The Kier molecular flexibility index (Phi) is 6.83. The first-order valence-corrected chi connectivity index (χ1v) is 9.41. The van der Waals surface area contributed by atoms with Gasteiger partial charge in [-0.2, -0.15) is 0 Å². The van der Waals surface area contributed by atoms with Crippen LogP contribution in [-0.4, -0.2) is 31.1 Å². The van der Waals surface area contributed by atoms with Crippen molar-refractivity contribution in [1.82, 2.24) is 10.3 Å². The van der Waals surface area contributed by atoms with Gasteiger partial charge in [-0.25, -0.2) is 14.6 Å². The van der Waals surface area contributed by atoms with Crippen molar-refractivity contribution >= 4 is 34.9 Å². The summed E-state index contributed by atoms with van der Waals surface area (Å²) in [5.41, 5.74) is 2.56. The fraction of sp³-hybridized carbons (Fsp3) is 0.136. The largest absolute Gasteiger partial charge is 0.363 e. The normalized spacial score (nSPS) is 10.1. The molecule has 154 valence electrons. The monoisotopic (exact) mass is 404 g/mol. The van der Waals surface area contributed by atoms with Crippen molar-refractivity contribution in [1.29, 1.82) is 0 Å². The summed E-state index contributed by atoms with van der Waals surface area (Å²) in [6.07, 6.45) is 0. The van der Waals surface area contributed by atoms with Crippen molar-refractivity contribution in [3.05, 3.63) is 78.5 Å². The minimum atomic E-state index is -0.366. The van der Waals surface area contributed by atoms with Gasteiger partial charge in [0.15, 0.2) is 0 Å². The third kappa shape index (κ3) is 6.23. The lowest BCUT2D eigenvalue weighted by Crippen LogP contribution is -2.28. The van der Waals surface area contributed by atoms with Gasteiger partial charge < -0.3 is 26.2 Å². The summed E-state index contributed by atoms with van der Waals surface area (Å²) in [6, 6.07) is 21.0. The summed E-state index contributed by atoms with van der Waals surface area (Å²) in [7, 11) is 3.82. The molecule has 30 heavy (non-hydrogen) atoms. The van der Waals surface area contributed by atoms with E-state index in [2.05, 4.69) is 26.3 Å². The SMILES string of the molecule is CN(C)c1cccc(CNC(=O)Nc2cccc(NC(=O)Nc3ccccc3)c2)n1. The molecule has 3 aromatic rings. The first-order chi connectivity index (χ1) is 14.5. The maximum atomic E-state index is 12.2. The molecule has 0 saturated heterocycles. The van der Waals surface area contributed by atoms with Crippen molar-refractivity contribution in [2.75, 3.05) is 34.9 Å². The van der Waals surface area contributed by atoms with E-state index in [1.807, 2.05) is 55.4 Å². The molecule has 0 unspecified atom stereocenters. The van der Waals surface area contributed by atoms with Gasteiger partial charge >= 0.3 is 12.1 Å². The highest BCUT2D eigenvalue weighted by Crippen LogP contribution is 2.16. The van der Waals surface area contributed by atoms with E-state index in [0.717, 1.165) is 11.5 Å². The van der Waals surface area contributed by atoms with E-state index >= 15 is 0 Å². The average molecular weight is 404 g/mol. The van der Waals surface area contributed by atoms with Crippen LogP contribution in [0.4, 0.5) is 32.5 Å². The number of carbonyl (C=O) groups is 2. The zero-order valence-electron chi connectivity index (χ0n) is 16.8. The standard InChI is InChI=1S/C22H24N6O2/c1-28(2)20-13-7-12-19(24-20)15-23-21(29)26-17-10-6-11-18(14-17)27-22(30)25-16-8-4-3-5-9-16/h3-14H,15H2,1-2H3,(H2,23,26,29)(H2,25,27,30). The number of pyridine rings is 1. The van der Waals surface area contributed by atoms with Crippen LogP contribution >= 0.6 is 0 Å². The van der Waals surface area contributed by atoms with Gasteiger partial charge in [0.25, 0.3) is 0 Å². The molecule has 3 rings (SSSR count). The lowest BCUT2D eigenvalue weighted by atomic mass is 10.3. The van der Waals surface area contributed by atoms with Crippen molar-refractivity contribution in [3.8, 4) is 0 Å². The Morgan fingerprint density at radius 1 is 0.767 bits per heavy atom. The van der Waals surface area contributed by atoms with E-state index in [-0.39, 0.29) is 12.1 Å². The Balaban J connectivity index is 1.52. The third-order valence-electron chi connectivity index (χ3n) is 4.09. The molecule has 0 atom stereocenters. The molecule has 8 nitrogen and oxygen atoms in total. The van der Waals surface area contributed by atoms with E-state index < -0.39 is 0 Å². The average Bonchev–Trinajstić information content (AvgIpc) is 2.73. The van der Waals surface area contributed by atoms with E-state index in [1.54, 1.807) is 36.4 Å². The minimum absolute atomic E-state index is 0.297. The number of carbonyl (C=O) groups excluding carboxylic acids is 2. The molecule has 2 aromatic carbocycles. The number of rotatable bonds is 6. The fourth-order valence-electron chi connectivity index (χ4n) is 2.65. The predicted molar refractivity (Wildman–Crippen MR) is 120 cm³/mol. The second-order valence-electron chi connectivity index (χ2n) is 6.72. The molecular formula is C22H24N6O2. The lowest BCUT2D eigenvalue weighted by Gasteiger charge is -2.13. The number of nitrogens with zero attached hydrogens (tertiary/aromatic N) is 2. The Bertz CT molecular complexity index is 1010. The van der Waals surface area contributed by atoms with Crippen molar-refractivity contribution in [3.63, 3.8) is 0 Å². The topological polar surface area (TPSA) is 98.4 Å². The Morgan fingerprint density at radius 2 is 1.37 bits per heavy atom. The van der Waals surface area contributed by atoms with Gasteiger partial charge in [0.1, 0.15) is 5.82 Å². The van der Waals surface area contributed by atoms with Gasteiger partial charge in [-0.15, -0.1) is 0 Å². The molecule has 0 fully saturated rings. The van der Waals surface area contributed by atoms with Crippen LogP contribution in [0.5, 0.6) is 0 Å². The van der Waals surface area contributed by atoms with Gasteiger partial charge in [-0.3, -0.25) is 0 Å². The number of aromatic nitrogens is 1. The lowest BCUT2D eigenvalue weighted by molar-refractivity contribution is 0.251. The Morgan fingerprint density at radius 3 is 2.07 bits per heavy atom. The molecule has 1 aromatic heterocycles. The van der Waals surface area contributed by atoms with Gasteiger partial charge in [0.2, 0.25) is 0 Å². The molecule has 0 radical (unpaired) electrons. The van der Waals surface area contributed by atoms with E-state index in [1.165, 1.54) is 0 Å². The van der Waals surface area contributed by atoms with Gasteiger partial charge in [-0.05, 0) is 42.5 Å². The quantitative estimate of drug-likeness (QED) is 0.497. The summed E-state index contributed by atoms with van der Waals surface area (Å²) in [4.78, 5) is 30.7. The molecule has 0 aliphatic heterocycles. The first-order valence-electron chi connectivity index (χ1n) is 9.41. The zero-order valence-corrected chi connectivity index (χ0v) is 16.8. The molecule has 0 bridgehead atoms. The Hall–Kier alpha value is -4.07. The van der Waals surface area contributed by atoms with Crippen molar-refractivity contribution in [2.24, 2.45) is 0 Å². The highest BCUT2D eigenvalue weighted by atomic mass is 16.2. The summed E-state index contributed by atoms with van der Waals surface area (Å²) < 4.78 is 0. The maximum Gasteiger partial charge on any atom is 0.323 e. The number of urea groups is 2. The molecule has 0 spiro atoms. The van der Waals surface area contributed by atoms with Crippen LogP contribution in [-0.2, 0) is 6.54 Å². The van der Waals surface area contributed by atoms with E-state index in [4.69, 9.17) is 0 Å². The van der Waals surface area contributed by atoms with Crippen LogP contribution in [0.25, 0.3) is 0 Å². The maximum absolute atomic E-state index is 12.2. The zero-order chi connectivity index (χ0) is 21.3. The number of amides is 4. The van der Waals surface area contributed by atoms with Crippen LogP contribution in [0.15, 0.2) is 72.8 Å². The van der Waals surface area contributed by atoms with E-state index in [9.17, 15) is 9.59 Å². The second-order valence-corrected chi connectivity index (χ2v) is 6.72. The molecule has 0 saturated carbocycles. The summed E-state index contributed by atoms with van der Waals surface area (Å²) in [6.45, 7) is 0.297. The Labute approximate surface area is 175 Å². The third-order valence-corrected chi connectivity index (χ3v) is 4.09. The van der Waals surface area contributed by atoms with Crippen LogP contribution in [0, 0.1) is 0 Å². The highest BCUT2D eigenvalue weighted by molar-refractivity contribution is 6.00. The number of para-hydroxylation sites is 1. The summed E-state index contributed by atoms with van der Waals surface area (Å²) in [5.74, 6) is 0.822. The smallest absolute Gasteiger partial charge is 0.323 e. The molecule has 8 heteroatoms. The van der Waals surface area contributed by atoms with Crippen LogP contribution < -0.4 is 26.2 Å². The highest BCUT2D eigenvalue weighted by Gasteiger charge is 2.06. The van der Waals surface area contributed by atoms with Gasteiger partial charge in [0.05, 0.1) is 12.2 Å². The predicted octanol–water partition coefficient (Wildman–Crippen LogP) is 4.11. The number of anilines is 4. The number of benzene rings is 2. The fourth-order valence-corrected chi connectivity index (χ4v) is 2.65.